The first-order chi connectivity index (χ1) is 12.7. The van der Waals surface area contributed by atoms with Crippen LogP contribution in [-0.2, 0) is 16.4 Å². The van der Waals surface area contributed by atoms with Crippen molar-refractivity contribution in [3.8, 4) is 0 Å². The molecule has 0 bridgehead atoms. The standard InChI is InChI=1S/C18H16F2N2O3S2/c1-3-9-22-14-8-7-11(27(2,24)25)10-15(14)26-18(22)21-17(23)16-12(19)5-4-6-13(16)20/h4-8,10H,3,9H2,1-2H3. The van der Waals surface area contributed by atoms with Crippen molar-refractivity contribution in [2.45, 2.75) is 24.8 Å². The van der Waals surface area contributed by atoms with Crippen LogP contribution in [-0.4, -0.2) is 25.1 Å². The highest BCUT2D eigenvalue weighted by Crippen LogP contribution is 2.22. The number of aromatic nitrogens is 1. The van der Waals surface area contributed by atoms with E-state index in [2.05, 4.69) is 4.99 Å². The molecule has 1 amide bonds. The van der Waals surface area contributed by atoms with E-state index in [1.807, 2.05) is 6.92 Å². The smallest absolute Gasteiger partial charge is 0.285 e. The first kappa shape index (κ1) is 19.4. The van der Waals surface area contributed by atoms with Crippen LogP contribution in [0.4, 0.5) is 8.78 Å². The summed E-state index contributed by atoms with van der Waals surface area (Å²) in [5.74, 6) is -2.98. The molecule has 0 fully saturated rings. The number of benzene rings is 2. The quantitative estimate of drug-likeness (QED) is 0.661. The fraction of sp³-hybridized carbons (Fsp3) is 0.222. The van der Waals surface area contributed by atoms with E-state index in [0.717, 1.165) is 36.1 Å². The Balaban J connectivity index is 2.22. The van der Waals surface area contributed by atoms with Crippen LogP contribution in [0.25, 0.3) is 10.2 Å². The van der Waals surface area contributed by atoms with Crippen LogP contribution < -0.4 is 4.80 Å². The van der Waals surface area contributed by atoms with E-state index in [1.54, 1.807) is 10.6 Å². The molecule has 0 saturated heterocycles. The third-order valence-corrected chi connectivity index (χ3v) is 6.05. The first-order valence-electron chi connectivity index (χ1n) is 8.09. The molecule has 0 aliphatic rings. The Labute approximate surface area is 158 Å². The zero-order valence-corrected chi connectivity index (χ0v) is 16.2. The molecule has 0 saturated carbocycles. The van der Waals surface area contributed by atoms with Gasteiger partial charge in [0.2, 0.25) is 0 Å². The van der Waals surface area contributed by atoms with Gasteiger partial charge in [-0.3, -0.25) is 4.79 Å². The second-order valence-corrected chi connectivity index (χ2v) is 8.98. The Kier molecular flexibility index (Phi) is 5.25. The molecule has 0 N–H and O–H groups in total. The number of hydrogen-bond acceptors (Lipinski definition) is 4. The topological polar surface area (TPSA) is 68.5 Å². The van der Waals surface area contributed by atoms with Crippen LogP contribution in [0.1, 0.15) is 23.7 Å². The number of carbonyl (C=O) groups excluding carboxylic acids is 1. The summed E-state index contributed by atoms with van der Waals surface area (Å²) in [4.78, 5) is 16.7. The van der Waals surface area contributed by atoms with Gasteiger partial charge in [0.15, 0.2) is 14.6 Å². The van der Waals surface area contributed by atoms with Crippen molar-refractivity contribution in [2.75, 3.05) is 6.26 Å². The predicted molar refractivity (Wildman–Crippen MR) is 99.5 cm³/mol. The zero-order chi connectivity index (χ0) is 19.8. The van der Waals surface area contributed by atoms with Gasteiger partial charge in [-0.1, -0.05) is 24.3 Å². The van der Waals surface area contributed by atoms with E-state index in [0.29, 0.717) is 16.8 Å². The minimum absolute atomic E-state index is 0.151. The van der Waals surface area contributed by atoms with Crippen LogP contribution in [0.5, 0.6) is 0 Å². The number of rotatable bonds is 4. The number of amides is 1. The van der Waals surface area contributed by atoms with Crippen molar-refractivity contribution >= 4 is 37.3 Å². The second-order valence-electron chi connectivity index (χ2n) is 5.95. The highest BCUT2D eigenvalue weighted by atomic mass is 32.2. The summed E-state index contributed by atoms with van der Waals surface area (Å²) >= 11 is 1.09. The maximum atomic E-state index is 13.8. The molecule has 0 aliphatic heterocycles. The Morgan fingerprint density at radius 1 is 1.19 bits per heavy atom. The summed E-state index contributed by atoms with van der Waals surface area (Å²) in [5, 5.41) is 0. The molecule has 27 heavy (non-hydrogen) atoms. The number of aryl methyl sites for hydroxylation is 1. The Bertz CT molecular complexity index is 1190. The normalized spacial score (nSPS) is 12.7. The molecule has 1 heterocycles. The lowest BCUT2D eigenvalue weighted by Gasteiger charge is -2.04. The van der Waals surface area contributed by atoms with Gasteiger partial charge in [-0.2, -0.15) is 4.99 Å². The number of carbonyl (C=O) groups is 1. The van der Waals surface area contributed by atoms with Gasteiger partial charge >= 0.3 is 0 Å². The molecule has 0 radical (unpaired) electrons. The molecule has 0 spiro atoms. The van der Waals surface area contributed by atoms with E-state index >= 15 is 0 Å². The van der Waals surface area contributed by atoms with E-state index in [-0.39, 0.29) is 9.70 Å². The SMILES string of the molecule is CCCn1c(=NC(=O)c2c(F)cccc2F)sc2cc(S(C)(=O)=O)ccc21. The molecular weight excluding hydrogens is 394 g/mol. The van der Waals surface area contributed by atoms with Gasteiger partial charge in [-0.05, 0) is 36.8 Å². The summed E-state index contributed by atoms with van der Waals surface area (Å²) in [6.07, 6.45) is 1.84. The lowest BCUT2D eigenvalue weighted by molar-refractivity contribution is 0.0989. The summed E-state index contributed by atoms with van der Waals surface area (Å²) in [6, 6.07) is 7.80. The highest BCUT2D eigenvalue weighted by Gasteiger charge is 2.18. The van der Waals surface area contributed by atoms with Crippen LogP contribution in [0, 0.1) is 11.6 Å². The van der Waals surface area contributed by atoms with Crippen LogP contribution >= 0.6 is 11.3 Å². The summed E-state index contributed by atoms with van der Waals surface area (Å²) in [7, 11) is -3.39. The van der Waals surface area contributed by atoms with Crippen molar-refractivity contribution in [3.63, 3.8) is 0 Å². The predicted octanol–water partition coefficient (Wildman–Crippen LogP) is 3.54. The summed E-state index contributed by atoms with van der Waals surface area (Å²) < 4.78 is 53.6. The van der Waals surface area contributed by atoms with Crippen LogP contribution in [0.3, 0.4) is 0 Å². The lowest BCUT2D eigenvalue weighted by Crippen LogP contribution is -2.17. The van der Waals surface area contributed by atoms with E-state index in [1.165, 1.54) is 18.2 Å². The van der Waals surface area contributed by atoms with Crippen LogP contribution in [0.15, 0.2) is 46.3 Å². The molecule has 5 nitrogen and oxygen atoms in total. The third kappa shape index (κ3) is 3.84. The Morgan fingerprint density at radius 2 is 1.85 bits per heavy atom. The van der Waals surface area contributed by atoms with Gasteiger partial charge in [0.1, 0.15) is 17.2 Å². The molecule has 1 aromatic heterocycles. The highest BCUT2D eigenvalue weighted by molar-refractivity contribution is 7.90. The Hall–Kier alpha value is -2.39. The summed E-state index contributed by atoms with van der Waals surface area (Å²) in [5.41, 5.74) is -0.00960. The van der Waals surface area contributed by atoms with E-state index < -0.39 is 32.9 Å². The molecule has 3 aromatic rings. The van der Waals surface area contributed by atoms with E-state index in [9.17, 15) is 22.0 Å². The van der Waals surface area contributed by atoms with Crippen molar-refractivity contribution in [1.82, 2.24) is 4.57 Å². The minimum atomic E-state index is -3.39. The molecule has 0 atom stereocenters. The van der Waals surface area contributed by atoms with Gasteiger partial charge in [0.05, 0.1) is 15.1 Å². The van der Waals surface area contributed by atoms with Gasteiger partial charge in [0, 0.05) is 12.8 Å². The van der Waals surface area contributed by atoms with E-state index in [4.69, 9.17) is 0 Å². The largest absolute Gasteiger partial charge is 0.316 e. The second kappa shape index (κ2) is 7.32. The van der Waals surface area contributed by atoms with Gasteiger partial charge in [-0.25, -0.2) is 17.2 Å². The van der Waals surface area contributed by atoms with Crippen molar-refractivity contribution in [3.05, 3.63) is 58.4 Å². The molecule has 2 aromatic carbocycles. The molecule has 9 heteroatoms. The number of thiazole rings is 1. The maximum absolute atomic E-state index is 13.8. The number of nitrogens with zero attached hydrogens (tertiary/aromatic N) is 2. The Morgan fingerprint density at radius 3 is 2.44 bits per heavy atom. The minimum Gasteiger partial charge on any atom is -0.316 e. The fourth-order valence-corrected chi connectivity index (χ4v) is 4.47. The fourth-order valence-electron chi connectivity index (χ4n) is 2.65. The summed E-state index contributed by atoms with van der Waals surface area (Å²) in [6.45, 7) is 2.45. The van der Waals surface area contributed by atoms with Crippen molar-refractivity contribution < 1.29 is 22.0 Å². The van der Waals surface area contributed by atoms with Gasteiger partial charge < -0.3 is 4.57 Å². The molecule has 142 valence electrons. The average Bonchev–Trinajstić information content (AvgIpc) is 2.91. The average molecular weight is 410 g/mol. The third-order valence-electron chi connectivity index (χ3n) is 3.90. The van der Waals surface area contributed by atoms with Crippen molar-refractivity contribution in [2.24, 2.45) is 4.99 Å². The van der Waals surface area contributed by atoms with Gasteiger partial charge in [-0.15, -0.1) is 0 Å². The number of halogens is 2. The lowest BCUT2D eigenvalue weighted by atomic mass is 10.2. The monoisotopic (exact) mass is 410 g/mol. The molecule has 0 unspecified atom stereocenters. The van der Waals surface area contributed by atoms with Crippen LogP contribution in [0.2, 0.25) is 0 Å². The molecular formula is C18H16F2N2O3S2. The first-order valence-corrected chi connectivity index (χ1v) is 10.8. The number of sulfone groups is 1. The van der Waals surface area contributed by atoms with Crippen molar-refractivity contribution in [1.29, 1.82) is 0 Å². The number of fused-ring (bicyclic) bond motifs is 1. The molecule has 3 rings (SSSR count). The van der Waals surface area contributed by atoms with Gasteiger partial charge in [0.25, 0.3) is 5.91 Å². The molecule has 0 aliphatic carbocycles. The zero-order valence-electron chi connectivity index (χ0n) is 14.6. The number of hydrogen-bond donors (Lipinski definition) is 0. The maximum Gasteiger partial charge on any atom is 0.285 e.